The monoisotopic (exact) mass is 419 g/mol. The zero-order chi connectivity index (χ0) is 21.1. The molecule has 0 radical (unpaired) electrons. The molecular formula is C23H21N3O3S. The number of rotatable bonds is 6. The second-order valence-corrected chi connectivity index (χ2v) is 9.13. The van der Waals surface area contributed by atoms with E-state index in [-0.39, 0.29) is 23.0 Å². The largest absolute Gasteiger partial charge is 0.325 e. The Kier molecular flexibility index (Phi) is 5.37. The van der Waals surface area contributed by atoms with Crippen LogP contribution in [0, 0.1) is 6.92 Å². The average molecular weight is 420 g/mol. The highest BCUT2D eigenvalue weighted by Gasteiger charge is 2.17. The molecule has 1 N–H and O–H groups in total. The Morgan fingerprint density at radius 3 is 2.50 bits per heavy atom. The number of carbonyl (C=O) groups excluding carboxylic acids is 1. The van der Waals surface area contributed by atoms with Gasteiger partial charge in [0.05, 0.1) is 22.0 Å². The SMILES string of the molecule is Cc1cccn2cc(-c3ccccc3NC(=O)CCS(=O)(=O)c3ccccc3)nc12. The molecule has 0 spiro atoms. The molecule has 6 nitrogen and oxygen atoms in total. The molecule has 0 fully saturated rings. The van der Waals surface area contributed by atoms with Gasteiger partial charge in [0.25, 0.3) is 0 Å². The van der Waals surface area contributed by atoms with Crippen molar-refractivity contribution in [3.05, 3.63) is 84.7 Å². The number of hydrogen-bond acceptors (Lipinski definition) is 4. The second kappa shape index (κ2) is 8.12. The van der Waals surface area contributed by atoms with Gasteiger partial charge in [0.1, 0.15) is 5.65 Å². The van der Waals surface area contributed by atoms with E-state index in [1.807, 2.05) is 54.0 Å². The van der Waals surface area contributed by atoms with Crippen LogP contribution in [0.4, 0.5) is 5.69 Å². The first kappa shape index (κ1) is 19.8. The molecule has 2 aromatic carbocycles. The molecular weight excluding hydrogens is 398 g/mol. The van der Waals surface area contributed by atoms with Crippen LogP contribution in [0.3, 0.4) is 0 Å². The summed E-state index contributed by atoms with van der Waals surface area (Å²) in [5.74, 6) is -0.611. The van der Waals surface area contributed by atoms with E-state index in [9.17, 15) is 13.2 Å². The Labute approximate surface area is 175 Å². The minimum atomic E-state index is -3.51. The molecule has 7 heteroatoms. The highest BCUT2D eigenvalue weighted by Crippen LogP contribution is 2.28. The summed E-state index contributed by atoms with van der Waals surface area (Å²) in [4.78, 5) is 17.4. The van der Waals surface area contributed by atoms with Gasteiger partial charge in [-0.1, -0.05) is 42.5 Å². The number of pyridine rings is 1. The smallest absolute Gasteiger partial charge is 0.225 e. The van der Waals surface area contributed by atoms with E-state index in [0.717, 1.165) is 22.5 Å². The quantitative estimate of drug-likeness (QED) is 0.510. The van der Waals surface area contributed by atoms with Crippen LogP contribution in [0.2, 0.25) is 0 Å². The van der Waals surface area contributed by atoms with E-state index >= 15 is 0 Å². The molecule has 0 aliphatic rings. The van der Waals surface area contributed by atoms with Crippen molar-refractivity contribution in [1.82, 2.24) is 9.38 Å². The average Bonchev–Trinajstić information content (AvgIpc) is 3.19. The number of imidazole rings is 1. The first-order valence-corrected chi connectivity index (χ1v) is 11.2. The van der Waals surface area contributed by atoms with Gasteiger partial charge in [-0.2, -0.15) is 0 Å². The second-order valence-electron chi connectivity index (χ2n) is 7.02. The number of aryl methyl sites for hydroxylation is 1. The predicted molar refractivity (Wildman–Crippen MR) is 117 cm³/mol. The van der Waals surface area contributed by atoms with Gasteiger partial charge >= 0.3 is 0 Å². The summed E-state index contributed by atoms with van der Waals surface area (Å²) >= 11 is 0. The number of nitrogens with one attached hydrogen (secondary N) is 1. The maximum Gasteiger partial charge on any atom is 0.225 e. The van der Waals surface area contributed by atoms with Gasteiger partial charge in [0, 0.05) is 24.4 Å². The molecule has 0 aliphatic carbocycles. The molecule has 0 atom stereocenters. The number of hydrogen-bond donors (Lipinski definition) is 1. The standard InChI is InChI=1S/C23H21N3O3S/c1-17-8-7-14-26-16-21(25-23(17)26)19-11-5-6-12-20(19)24-22(27)13-15-30(28,29)18-9-3-2-4-10-18/h2-12,14,16H,13,15H2,1H3,(H,24,27). The lowest BCUT2D eigenvalue weighted by molar-refractivity contribution is -0.115. The van der Waals surface area contributed by atoms with E-state index in [1.165, 1.54) is 12.1 Å². The van der Waals surface area contributed by atoms with Crippen molar-refractivity contribution in [2.24, 2.45) is 0 Å². The molecule has 1 amide bonds. The van der Waals surface area contributed by atoms with Gasteiger partial charge < -0.3 is 9.72 Å². The molecule has 4 aromatic rings. The minimum absolute atomic E-state index is 0.129. The Morgan fingerprint density at radius 2 is 1.73 bits per heavy atom. The van der Waals surface area contributed by atoms with Crippen LogP contribution in [0.15, 0.2) is 84.0 Å². The number of aromatic nitrogens is 2. The summed E-state index contributed by atoms with van der Waals surface area (Å²) in [6.45, 7) is 1.99. The van der Waals surface area contributed by atoms with Crippen molar-refractivity contribution in [1.29, 1.82) is 0 Å². The van der Waals surface area contributed by atoms with E-state index in [2.05, 4.69) is 5.32 Å². The van der Waals surface area contributed by atoms with Gasteiger partial charge in [-0.3, -0.25) is 4.79 Å². The molecule has 30 heavy (non-hydrogen) atoms. The molecule has 4 rings (SSSR count). The zero-order valence-electron chi connectivity index (χ0n) is 16.4. The first-order chi connectivity index (χ1) is 14.4. The highest BCUT2D eigenvalue weighted by molar-refractivity contribution is 7.91. The lowest BCUT2D eigenvalue weighted by Gasteiger charge is -2.10. The molecule has 0 unspecified atom stereocenters. The van der Waals surface area contributed by atoms with Crippen molar-refractivity contribution in [3.63, 3.8) is 0 Å². The van der Waals surface area contributed by atoms with Crippen LogP contribution in [0.1, 0.15) is 12.0 Å². The van der Waals surface area contributed by atoms with Gasteiger partial charge in [0.2, 0.25) is 5.91 Å². The van der Waals surface area contributed by atoms with Crippen LogP contribution >= 0.6 is 0 Å². The maximum absolute atomic E-state index is 12.5. The Hall–Kier alpha value is -3.45. The Morgan fingerprint density at radius 1 is 1.00 bits per heavy atom. The Bertz CT molecular complexity index is 1310. The number of anilines is 1. The minimum Gasteiger partial charge on any atom is -0.325 e. The van der Waals surface area contributed by atoms with Crippen LogP contribution in [0.5, 0.6) is 0 Å². The van der Waals surface area contributed by atoms with E-state index in [0.29, 0.717) is 5.69 Å². The van der Waals surface area contributed by atoms with Crippen molar-refractivity contribution in [2.75, 3.05) is 11.1 Å². The zero-order valence-corrected chi connectivity index (χ0v) is 17.3. The van der Waals surface area contributed by atoms with Crippen LogP contribution < -0.4 is 5.32 Å². The topological polar surface area (TPSA) is 80.5 Å². The number of para-hydroxylation sites is 1. The summed E-state index contributed by atoms with van der Waals surface area (Å²) in [5.41, 5.74) is 4.01. The van der Waals surface area contributed by atoms with Gasteiger partial charge in [-0.05, 0) is 36.8 Å². The predicted octanol–water partition coefficient (Wildman–Crippen LogP) is 4.11. The van der Waals surface area contributed by atoms with Crippen molar-refractivity contribution >= 4 is 27.1 Å². The third-order valence-corrected chi connectivity index (χ3v) is 6.59. The summed E-state index contributed by atoms with van der Waals surface area (Å²) in [5, 5.41) is 2.84. The summed E-state index contributed by atoms with van der Waals surface area (Å²) in [6, 6.07) is 19.5. The van der Waals surface area contributed by atoms with Crippen molar-refractivity contribution < 1.29 is 13.2 Å². The Balaban J connectivity index is 1.53. The first-order valence-electron chi connectivity index (χ1n) is 9.55. The number of nitrogens with zero attached hydrogens (tertiary/aromatic N) is 2. The summed E-state index contributed by atoms with van der Waals surface area (Å²) < 4.78 is 26.8. The van der Waals surface area contributed by atoms with Crippen LogP contribution in [-0.2, 0) is 14.6 Å². The highest BCUT2D eigenvalue weighted by atomic mass is 32.2. The fraction of sp³-hybridized carbons (Fsp3) is 0.130. The number of amides is 1. The molecule has 0 saturated carbocycles. The molecule has 2 aromatic heterocycles. The summed E-state index contributed by atoms with van der Waals surface area (Å²) in [7, 11) is -3.51. The number of benzene rings is 2. The van der Waals surface area contributed by atoms with Gasteiger partial charge in [-0.15, -0.1) is 0 Å². The fourth-order valence-electron chi connectivity index (χ4n) is 3.28. The molecule has 0 saturated heterocycles. The number of carbonyl (C=O) groups is 1. The maximum atomic E-state index is 12.5. The van der Waals surface area contributed by atoms with E-state index in [1.54, 1.807) is 24.3 Å². The molecule has 0 bridgehead atoms. The van der Waals surface area contributed by atoms with Crippen molar-refractivity contribution in [3.8, 4) is 11.3 Å². The third kappa shape index (κ3) is 4.11. The molecule has 152 valence electrons. The molecule has 0 aliphatic heterocycles. The van der Waals surface area contributed by atoms with Crippen LogP contribution in [-0.4, -0.2) is 29.5 Å². The normalized spacial score (nSPS) is 11.5. The van der Waals surface area contributed by atoms with Crippen LogP contribution in [0.25, 0.3) is 16.9 Å². The lowest BCUT2D eigenvalue weighted by atomic mass is 10.1. The summed E-state index contributed by atoms with van der Waals surface area (Å²) in [6.07, 6.45) is 3.71. The number of fused-ring (bicyclic) bond motifs is 1. The molecule has 2 heterocycles. The lowest BCUT2D eigenvalue weighted by Crippen LogP contribution is -2.17. The van der Waals surface area contributed by atoms with Gasteiger partial charge in [0.15, 0.2) is 9.84 Å². The fourth-order valence-corrected chi connectivity index (χ4v) is 4.55. The van der Waals surface area contributed by atoms with E-state index < -0.39 is 9.84 Å². The van der Waals surface area contributed by atoms with E-state index in [4.69, 9.17) is 4.98 Å². The number of sulfone groups is 1. The van der Waals surface area contributed by atoms with Gasteiger partial charge in [-0.25, -0.2) is 13.4 Å². The van der Waals surface area contributed by atoms with Crippen molar-refractivity contribution in [2.45, 2.75) is 18.2 Å². The third-order valence-electron chi connectivity index (χ3n) is 4.86.